The average molecular weight is 270 g/mol. The Balaban J connectivity index is 2.29. The van der Waals surface area contributed by atoms with E-state index in [0.717, 1.165) is 24.2 Å². The van der Waals surface area contributed by atoms with Crippen LogP contribution in [-0.4, -0.2) is 26.8 Å². The maximum Gasteiger partial charge on any atom is 0.0587 e. The van der Waals surface area contributed by atoms with Gasteiger partial charge in [-0.3, -0.25) is 0 Å². The normalized spacial score (nSPS) is 11.1. The smallest absolute Gasteiger partial charge is 0.0587 e. The molecule has 0 saturated carbocycles. The van der Waals surface area contributed by atoms with Crippen LogP contribution in [0.1, 0.15) is 5.56 Å². The lowest BCUT2D eigenvalue weighted by molar-refractivity contribution is 0.200. The van der Waals surface area contributed by atoms with Gasteiger partial charge in [-0.25, -0.2) is 0 Å². The van der Waals surface area contributed by atoms with Gasteiger partial charge in [0.05, 0.1) is 6.61 Å². The molecule has 2 nitrogen and oxygen atoms in total. The zero-order chi connectivity index (χ0) is 10.9. The third kappa shape index (κ3) is 5.11. The first kappa shape index (κ1) is 12.4. The van der Waals surface area contributed by atoms with E-state index in [0.29, 0.717) is 0 Å². The van der Waals surface area contributed by atoms with E-state index in [4.69, 9.17) is 4.74 Å². The summed E-state index contributed by atoms with van der Waals surface area (Å²) in [5.41, 5.74) is 1.20. The Morgan fingerprint density at radius 2 is 2.20 bits per heavy atom. The van der Waals surface area contributed by atoms with Gasteiger partial charge in [-0.2, -0.15) is 0 Å². The highest BCUT2D eigenvalue weighted by Gasteiger charge is 1.91. The van der Waals surface area contributed by atoms with Crippen molar-refractivity contribution in [3.8, 4) is 0 Å². The van der Waals surface area contributed by atoms with Crippen LogP contribution < -0.4 is 5.32 Å². The summed E-state index contributed by atoms with van der Waals surface area (Å²) in [6.07, 6.45) is 4.21. The van der Waals surface area contributed by atoms with Crippen LogP contribution in [0.4, 0.5) is 0 Å². The zero-order valence-electron chi connectivity index (χ0n) is 8.87. The molecular formula is C12H16BrNO. The average Bonchev–Trinajstić information content (AvgIpc) is 2.25. The van der Waals surface area contributed by atoms with Crippen LogP contribution in [0.2, 0.25) is 0 Å². The Kier molecular flexibility index (Phi) is 6.32. The molecule has 0 heterocycles. The van der Waals surface area contributed by atoms with E-state index in [-0.39, 0.29) is 0 Å². The maximum atomic E-state index is 4.93. The Morgan fingerprint density at radius 3 is 2.93 bits per heavy atom. The summed E-state index contributed by atoms with van der Waals surface area (Å²) in [4.78, 5) is 0. The lowest BCUT2D eigenvalue weighted by Crippen LogP contribution is -2.18. The van der Waals surface area contributed by atoms with Crippen molar-refractivity contribution in [2.45, 2.75) is 0 Å². The first-order chi connectivity index (χ1) is 7.34. The van der Waals surface area contributed by atoms with Gasteiger partial charge >= 0.3 is 0 Å². The van der Waals surface area contributed by atoms with Crippen LogP contribution in [0.3, 0.4) is 0 Å². The van der Waals surface area contributed by atoms with Gasteiger partial charge in [-0.15, -0.1) is 0 Å². The van der Waals surface area contributed by atoms with E-state index >= 15 is 0 Å². The minimum Gasteiger partial charge on any atom is -0.383 e. The number of halogens is 1. The van der Waals surface area contributed by atoms with E-state index in [2.05, 4.69) is 39.5 Å². The quantitative estimate of drug-likeness (QED) is 0.802. The summed E-state index contributed by atoms with van der Waals surface area (Å²) >= 11 is 3.50. The van der Waals surface area contributed by atoms with Crippen LogP contribution >= 0.6 is 15.9 Å². The molecule has 1 aromatic rings. The molecule has 15 heavy (non-hydrogen) atoms. The van der Waals surface area contributed by atoms with Gasteiger partial charge in [-0.1, -0.05) is 46.3 Å². The molecule has 1 rings (SSSR count). The van der Waals surface area contributed by atoms with E-state index in [1.165, 1.54) is 5.56 Å². The van der Waals surface area contributed by atoms with E-state index in [1.54, 1.807) is 7.11 Å². The monoisotopic (exact) mass is 269 g/mol. The minimum atomic E-state index is 0.753. The molecule has 1 aromatic carbocycles. The predicted molar refractivity (Wildman–Crippen MR) is 67.9 cm³/mol. The third-order valence-electron chi connectivity index (χ3n) is 1.95. The minimum absolute atomic E-state index is 0.753. The molecule has 0 saturated heterocycles. The lowest BCUT2D eigenvalue weighted by Gasteiger charge is -2.00. The molecule has 0 atom stereocenters. The third-order valence-corrected chi connectivity index (χ3v) is 2.67. The van der Waals surface area contributed by atoms with Crippen molar-refractivity contribution in [3.63, 3.8) is 0 Å². The molecule has 0 aliphatic carbocycles. The summed E-state index contributed by atoms with van der Waals surface area (Å²) in [6.45, 7) is 2.50. The van der Waals surface area contributed by atoms with Gasteiger partial charge < -0.3 is 10.1 Å². The Bertz CT molecular complexity index is 312. The van der Waals surface area contributed by atoms with Crippen LogP contribution in [0.25, 0.3) is 6.08 Å². The Morgan fingerprint density at radius 1 is 1.40 bits per heavy atom. The molecule has 1 N–H and O–H groups in total. The predicted octanol–water partition coefficient (Wildman–Crippen LogP) is 2.70. The van der Waals surface area contributed by atoms with Gasteiger partial charge in [-0.05, 0) is 11.6 Å². The highest BCUT2D eigenvalue weighted by molar-refractivity contribution is 9.10. The van der Waals surface area contributed by atoms with Crippen LogP contribution in [0.5, 0.6) is 0 Å². The molecule has 0 aliphatic rings. The summed E-state index contributed by atoms with van der Waals surface area (Å²) in [5.74, 6) is 0. The largest absolute Gasteiger partial charge is 0.383 e. The molecular weight excluding hydrogens is 254 g/mol. The molecule has 0 radical (unpaired) electrons. The second-order valence-electron chi connectivity index (χ2n) is 3.12. The molecule has 0 amide bonds. The lowest BCUT2D eigenvalue weighted by atomic mass is 10.2. The van der Waals surface area contributed by atoms with Crippen LogP contribution in [0, 0.1) is 0 Å². The second-order valence-corrected chi connectivity index (χ2v) is 3.98. The van der Waals surface area contributed by atoms with Gasteiger partial charge in [0.1, 0.15) is 0 Å². The number of methoxy groups -OCH3 is 1. The summed E-state index contributed by atoms with van der Waals surface area (Å²) in [7, 11) is 1.71. The van der Waals surface area contributed by atoms with Crippen molar-refractivity contribution < 1.29 is 4.74 Å². The van der Waals surface area contributed by atoms with E-state index in [1.807, 2.05) is 18.2 Å². The number of nitrogens with one attached hydrogen (secondary N) is 1. The number of hydrogen-bond donors (Lipinski definition) is 1. The summed E-state index contributed by atoms with van der Waals surface area (Å²) in [5, 5.41) is 3.25. The molecule has 0 spiro atoms. The van der Waals surface area contributed by atoms with E-state index in [9.17, 15) is 0 Å². The first-order valence-electron chi connectivity index (χ1n) is 4.95. The van der Waals surface area contributed by atoms with Crippen molar-refractivity contribution in [3.05, 3.63) is 40.4 Å². The molecule has 0 aromatic heterocycles. The Labute approximate surface area is 99.5 Å². The molecule has 0 aliphatic heterocycles. The summed E-state index contributed by atoms with van der Waals surface area (Å²) in [6, 6.07) is 8.16. The number of hydrogen-bond acceptors (Lipinski definition) is 2. The molecule has 0 unspecified atom stereocenters. The fourth-order valence-corrected chi connectivity index (χ4v) is 1.57. The summed E-state index contributed by atoms with van der Waals surface area (Å²) < 4.78 is 6.05. The zero-order valence-corrected chi connectivity index (χ0v) is 10.5. The fraction of sp³-hybridized carbons (Fsp3) is 0.333. The second kappa shape index (κ2) is 7.63. The van der Waals surface area contributed by atoms with Gasteiger partial charge in [0.2, 0.25) is 0 Å². The number of benzene rings is 1. The first-order valence-corrected chi connectivity index (χ1v) is 5.74. The van der Waals surface area contributed by atoms with Crippen molar-refractivity contribution >= 4 is 22.0 Å². The van der Waals surface area contributed by atoms with Crippen molar-refractivity contribution in [1.82, 2.24) is 5.32 Å². The number of rotatable bonds is 6. The molecule has 0 bridgehead atoms. The topological polar surface area (TPSA) is 21.3 Å². The molecule has 82 valence electrons. The van der Waals surface area contributed by atoms with Crippen molar-refractivity contribution in [2.75, 3.05) is 26.8 Å². The van der Waals surface area contributed by atoms with Gasteiger partial charge in [0.25, 0.3) is 0 Å². The molecule has 0 fully saturated rings. The van der Waals surface area contributed by atoms with Gasteiger partial charge in [0.15, 0.2) is 0 Å². The fourth-order valence-electron chi connectivity index (χ4n) is 1.16. The maximum absolute atomic E-state index is 4.93. The standard InChI is InChI=1S/C12H16BrNO/c1-15-10-9-14-8-4-6-11-5-2-3-7-12(11)13/h2-7,14H,8-10H2,1H3. The van der Waals surface area contributed by atoms with Crippen LogP contribution in [-0.2, 0) is 4.74 Å². The number of ether oxygens (including phenoxy) is 1. The van der Waals surface area contributed by atoms with E-state index < -0.39 is 0 Å². The van der Waals surface area contributed by atoms with Crippen molar-refractivity contribution in [1.29, 1.82) is 0 Å². The highest BCUT2D eigenvalue weighted by atomic mass is 79.9. The van der Waals surface area contributed by atoms with Crippen LogP contribution in [0.15, 0.2) is 34.8 Å². The highest BCUT2D eigenvalue weighted by Crippen LogP contribution is 2.16. The SMILES string of the molecule is COCCNCC=Cc1ccccc1Br. The Hall–Kier alpha value is -0.640. The molecule has 3 heteroatoms. The van der Waals surface area contributed by atoms with Crippen molar-refractivity contribution in [2.24, 2.45) is 0 Å². The van der Waals surface area contributed by atoms with Gasteiger partial charge in [0, 0.05) is 24.7 Å².